The van der Waals surface area contributed by atoms with Gasteiger partial charge in [0, 0.05) is 11.6 Å². The van der Waals surface area contributed by atoms with E-state index >= 15 is 0 Å². The second kappa shape index (κ2) is 5.58. The van der Waals surface area contributed by atoms with Gasteiger partial charge in [-0.25, -0.2) is 0 Å². The van der Waals surface area contributed by atoms with Crippen LogP contribution in [0.3, 0.4) is 0 Å². The van der Waals surface area contributed by atoms with Gasteiger partial charge in [0.2, 0.25) is 5.96 Å². The molecule has 2 aliphatic rings. The van der Waals surface area contributed by atoms with E-state index in [1.54, 1.807) is 0 Å². The van der Waals surface area contributed by atoms with E-state index in [1.807, 2.05) is 18.2 Å². The molecule has 0 aromatic heterocycles. The highest BCUT2D eigenvalue weighted by molar-refractivity contribution is 6.30. The van der Waals surface area contributed by atoms with E-state index in [0.29, 0.717) is 0 Å². The van der Waals surface area contributed by atoms with Crippen molar-refractivity contribution in [3.63, 3.8) is 0 Å². The Morgan fingerprint density at radius 2 is 1.86 bits per heavy atom. The van der Waals surface area contributed by atoms with Crippen LogP contribution in [-0.2, 0) is 6.54 Å². The molecule has 108 valence electrons. The molecule has 5 heteroatoms. The Morgan fingerprint density at radius 1 is 1.05 bits per heavy atom. The fourth-order valence-corrected chi connectivity index (χ4v) is 3.11. The zero-order valence-electron chi connectivity index (χ0n) is 11.4. The van der Waals surface area contributed by atoms with Crippen molar-refractivity contribution in [1.82, 2.24) is 0 Å². The number of benzene rings is 2. The number of rotatable bonds is 2. The van der Waals surface area contributed by atoms with Crippen LogP contribution in [0.1, 0.15) is 5.56 Å². The Kier molecular flexibility index (Phi) is 3.79. The highest BCUT2D eigenvalue weighted by atomic mass is 35.5. The van der Waals surface area contributed by atoms with E-state index in [0.717, 1.165) is 30.6 Å². The van der Waals surface area contributed by atoms with Gasteiger partial charge < -0.3 is 9.80 Å². The van der Waals surface area contributed by atoms with Gasteiger partial charge in [0.1, 0.15) is 0 Å². The van der Waals surface area contributed by atoms with Crippen LogP contribution >= 0.6 is 24.0 Å². The Labute approximate surface area is 135 Å². The molecule has 0 radical (unpaired) electrons. The maximum atomic E-state index is 6.08. The second-order valence-electron chi connectivity index (χ2n) is 5.04. The summed E-state index contributed by atoms with van der Waals surface area (Å²) in [6, 6.07) is 16.5. The van der Waals surface area contributed by atoms with Gasteiger partial charge in [-0.3, -0.25) is 4.99 Å². The van der Waals surface area contributed by atoms with Gasteiger partial charge in [-0.05, 0) is 29.8 Å². The lowest BCUT2D eigenvalue weighted by atomic mass is 10.2. The summed E-state index contributed by atoms with van der Waals surface area (Å²) in [5.41, 5.74) is 3.68. The summed E-state index contributed by atoms with van der Waals surface area (Å²) in [7, 11) is 0. The zero-order valence-corrected chi connectivity index (χ0v) is 12.9. The van der Waals surface area contributed by atoms with Crippen molar-refractivity contribution in [2.45, 2.75) is 6.54 Å². The first-order chi connectivity index (χ1) is 9.83. The van der Waals surface area contributed by atoms with Crippen LogP contribution in [0.4, 0.5) is 11.4 Å². The highest BCUT2D eigenvalue weighted by Gasteiger charge is 2.34. The normalized spacial score (nSPS) is 15.4. The SMILES string of the molecule is Cl.Clc1cccc(CN2C3=NCCN3c3ccccc32)c1. The molecule has 0 N–H and O–H groups in total. The largest absolute Gasteiger partial charge is 0.308 e. The third kappa shape index (κ3) is 2.37. The Bertz CT molecular complexity index is 699. The van der Waals surface area contributed by atoms with E-state index in [9.17, 15) is 0 Å². The van der Waals surface area contributed by atoms with Gasteiger partial charge in [0.05, 0.1) is 24.5 Å². The highest BCUT2D eigenvalue weighted by Crippen LogP contribution is 2.39. The van der Waals surface area contributed by atoms with Gasteiger partial charge >= 0.3 is 0 Å². The second-order valence-corrected chi connectivity index (χ2v) is 5.47. The average Bonchev–Trinajstić information content (AvgIpc) is 3.03. The minimum absolute atomic E-state index is 0. The fraction of sp³-hybridized carbons (Fsp3) is 0.188. The van der Waals surface area contributed by atoms with Crippen molar-refractivity contribution in [2.24, 2.45) is 4.99 Å². The molecule has 2 heterocycles. The van der Waals surface area contributed by atoms with Gasteiger partial charge in [-0.1, -0.05) is 35.9 Å². The van der Waals surface area contributed by atoms with Gasteiger partial charge in [0.15, 0.2) is 0 Å². The van der Waals surface area contributed by atoms with E-state index in [1.165, 1.54) is 16.9 Å². The van der Waals surface area contributed by atoms with E-state index in [2.05, 4.69) is 45.1 Å². The molecule has 0 aliphatic carbocycles. The van der Waals surface area contributed by atoms with Crippen molar-refractivity contribution in [2.75, 3.05) is 22.9 Å². The molecule has 0 amide bonds. The summed E-state index contributed by atoms with van der Waals surface area (Å²) >= 11 is 6.08. The molecular formula is C16H15Cl2N3. The van der Waals surface area contributed by atoms with Crippen LogP contribution in [0.25, 0.3) is 0 Å². The van der Waals surface area contributed by atoms with Crippen LogP contribution < -0.4 is 9.80 Å². The van der Waals surface area contributed by atoms with E-state index in [4.69, 9.17) is 11.6 Å². The van der Waals surface area contributed by atoms with Crippen LogP contribution in [0, 0.1) is 0 Å². The number of nitrogens with zero attached hydrogens (tertiary/aromatic N) is 3. The number of para-hydroxylation sites is 2. The van der Waals surface area contributed by atoms with Crippen molar-refractivity contribution in [1.29, 1.82) is 0 Å². The summed E-state index contributed by atoms with van der Waals surface area (Å²) in [6.07, 6.45) is 0. The average molecular weight is 320 g/mol. The van der Waals surface area contributed by atoms with Crippen LogP contribution in [-0.4, -0.2) is 19.0 Å². The third-order valence-corrected chi connectivity index (χ3v) is 3.99. The Morgan fingerprint density at radius 3 is 2.67 bits per heavy atom. The molecule has 4 rings (SSSR count). The van der Waals surface area contributed by atoms with Crippen molar-refractivity contribution >= 4 is 41.3 Å². The predicted molar refractivity (Wildman–Crippen MR) is 91.0 cm³/mol. The van der Waals surface area contributed by atoms with E-state index < -0.39 is 0 Å². The number of halogens is 2. The lowest BCUT2D eigenvalue weighted by Gasteiger charge is -2.19. The zero-order chi connectivity index (χ0) is 13.5. The summed E-state index contributed by atoms with van der Waals surface area (Å²) in [4.78, 5) is 9.21. The first-order valence-electron chi connectivity index (χ1n) is 6.76. The number of hydrogen-bond donors (Lipinski definition) is 0. The minimum atomic E-state index is 0. The molecule has 2 aromatic rings. The topological polar surface area (TPSA) is 18.8 Å². The maximum absolute atomic E-state index is 6.08. The number of anilines is 2. The first-order valence-corrected chi connectivity index (χ1v) is 7.14. The summed E-state index contributed by atoms with van der Waals surface area (Å²) in [5.74, 6) is 1.06. The molecule has 0 unspecified atom stereocenters. The molecule has 3 nitrogen and oxygen atoms in total. The number of aliphatic imine (C=N–C) groups is 1. The number of hydrogen-bond acceptors (Lipinski definition) is 3. The molecule has 21 heavy (non-hydrogen) atoms. The molecule has 2 aromatic carbocycles. The van der Waals surface area contributed by atoms with Crippen molar-refractivity contribution in [3.8, 4) is 0 Å². The van der Waals surface area contributed by atoms with Crippen LogP contribution in [0.2, 0.25) is 5.02 Å². The Balaban J connectivity index is 0.00000132. The molecule has 0 bridgehead atoms. The molecule has 0 saturated heterocycles. The Hall–Kier alpha value is -1.71. The number of fused-ring (bicyclic) bond motifs is 3. The lowest BCUT2D eigenvalue weighted by Crippen LogP contribution is -2.34. The smallest absolute Gasteiger partial charge is 0.206 e. The summed E-state index contributed by atoms with van der Waals surface area (Å²) in [5, 5.41) is 0.778. The molecule has 0 atom stereocenters. The third-order valence-electron chi connectivity index (χ3n) is 3.75. The van der Waals surface area contributed by atoms with Crippen LogP contribution in [0.15, 0.2) is 53.5 Å². The molecule has 0 fully saturated rings. The monoisotopic (exact) mass is 319 g/mol. The van der Waals surface area contributed by atoms with Crippen molar-refractivity contribution in [3.05, 3.63) is 59.1 Å². The first kappa shape index (κ1) is 14.2. The van der Waals surface area contributed by atoms with Gasteiger partial charge in [-0.15, -0.1) is 12.4 Å². The quantitative estimate of drug-likeness (QED) is 0.834. The standard InChI is InChI=1S/C16H14ClN3.ClH/c17-13-5-3-4-12(10-13)11-20-15-7-2-1-6-14(15)19-9-8-18-16(19)20;/h1-7,10H,8-9,11H2;1H. The molecule has 0 saturated carbocycles. The summed E-state index contributed by atoms with van der Waals surface area (Å²) in [6.45, 7) is 2.64. The molecule has 2 aliphatic heterocycles. The van der Waals surface area contributed by atoms with Gasteiger partial charge in [-0.2, -0.15) is 0 Å². The van der Waals surface area contributed by atoms with Gasteiger partial charge in [0.25, 0.3) is 0 Å². The minimum Gasteiger partial charge on any atom is -0.308 e. The van der Waals surface area contributed by atoms with Crippen molar-refractivity contribution < 1.29 is 0 Å². The fourth-order valence-electron chi connectivity index (χ4n) is 2.90. The summed E-state index contributed by atoms with van der Waals surface area (Å²) < 4.78 is 0. The number of guanidine groups is 1. The van der Waals surface area contributed by atoms with E-state index in [-0.39, 0.29) is 12.4 Å². The molecular weight excluding hydrogens is 305 g/mol. The van der Waals surface area contributed by atoms with Crippen LogP contribution in [0.5, 0.6) is 0 Å². The molecule has 0 spiro atoms. The predicted octanol–water partition coefficient (Wildman–Crippen LogP) is 3.96. The maximum Gasteiger partial charge on any atom is 0.206 e. The lowest BCUT2D eigenvalue weighted by molar-refractivity contribution is 1.01.